The van der Waals surface area contributed by atoms with Crippen LogP contribution in [0.2, 0.25) is 0 Å². The number of rotatable bonds is 5. The fraction of sp³-hybridized carbons (Fsp3) is 0.800. The van der Waals surface area contributed by atoms with E-state index in [0.717, 1.165) is 44.4 Å². The van der Waals surface area contributed by atoms with Gasteiger partial charge in [-0.2, -0.15) is 4.98 Å². The summed E-state index contributed by atoms with van der Waals surface area (Å²) >= 11 is 0. The zero-order valence-electron chi connectivity index (χ0n) is 12.7. The van der Waals surface area contributed by atoms with Crippen molar-refractivity contribution in [3.8, 4) is 0 Å². The second kappa shape index (κ2) is 5.75. The maximum atomic E-state index is 12.2. The number of ether oxygens (including phenoxy) is 1. The molecule has 21 heavy (non-hydrogen) atoms. The first-order valence-corrected chi connectivity index (χ1v) is 7.79. The third kappa shape index (κ3) is 3.10. The third-order valence-electron chi connectivity index (χ3n) is 4.70. The molecule has 0 aromatic carbocycles. The van der Waals surface area contributed by atoms with Gasteiger partial charge in [-0.25, -0.2) is 0 Å². The lowest BCUT2D eigenvalue weighted by molar-refractivity contribution is -0.150. The van der Waals surface area contributed by atoms with Gasteiger partial charge in [-0.15, -0.1) is 0 Å². The first-order chi connectivity index (χ1) is 10.1. The molecule has 0 unspecified atom stereocenters. The molecule has 1 aromatic rings. The number of methoxy groups -OCH3 is 1. The van der Waals surface area contributed by atoms with E-state index in [0.29, 0.717) is 24.2 Å². The van der Waals surface area contributed by atoms with Gasteiger partial charge in [-0.3, -0.25) is 10.1 Å². The van der Waals surface area contributed by atoms with E-state index in [-0.39, 0.29) is 5.97 Å². The fourth-order valence-electron chi connectivity index (χ4n) is 2.99. The minimum Gasteiger partial charge on any atom is -0.468 e. The van der Waals surface area contributed by atoms with Crippen LogP contribution >= 0.6 is 0 Å². The summed E-state index contributed by atoms with van der Waals surface area (Å²) in [4.78, 5) is 16.6. The van der Waals surface area contributed by atoms with E-state index in [4.69, 9.17) is 9.26 Å². The van der Waals surface area contributed by atoms with E-state index in [1.165, 1.54) is 7.11 Å². The zero-order valence-corrected chi connectivity index (χ0v) is 12.7. The quantitative estimate of drug-likeness (QED) is 0.838. The number of carbonyl (C=O) groups is 1. The van der Waals surface area contributed by atoms with Crippen molar-refractivity contribution in [2.45, 2.75) is 63.5 Å². The summed E-state index contributed by atoms with van der Waals surface area (Å²) < 4.78 is 10.3. The summed E-state index contributed by atoms with van der Waals surface area (Å²) in [6.45, 7) is 2.67. The average molecular weight is 293 g/mol. The van der Waals surface area contributed by atoms with Gasteiger partial charge in [0.05, 0.1) is 13.7 Å². The van der Waals surface area contributed by atoms with Crippen LogP contribution in [-0.2, 0) is 16.1 Å². The molecule has 1 N–H and O–H groups in total. The van der Waals surface area contributed by atoms with Crippen LogP contribution < -0.4 is 5.32 Å². The van der Waals surface area contributed by atoms with Gasteiger partial charge in [0.1, 0.15) is 5.54 Å². The van der Waals surface area contributed by atoms with Crippen LogP contribution in [0.3, 0.4) is 0 Å². The van der Waals surface area contributed by atoms with Gasteiger partial charge in [0.15, 0.2) is 5.82 Å². The van der Waals surface area contributed by atoms with Gasteiger partial charge >= 0.3 is 5.97 Å². The minimum absolute atomic E-state index is 0.180. The zero-order chi connectivity index (χ0) is 14.9. The van der Waals surface area contributed by atoms with Crippen LogP contribution in [0.25, 0.3) is 0 Å². The average Bonchev–Trinajstić information content (AvgIpc) is 3.25. The van der Waals surface area contributed by atoms with Crippen LogP contribution in [0, 0.1) is 5.92 Å². The van der Waals surface area contributed by atoms with Crippen molar-refractivity contribution in [2.24, 2.45) is 5.92 Å². The van der Waals surface area contributed by atoms with Crippen molar-refractivity contribution in [1.29, 1.82) is 0 Å². The number of aromatic nitrogens is 2. The highest BCUT2D eigenvalue weighted by atomic mass is 16.5. The van der Waals surface area contributed by atoms with Crippen molar-refractivity contribution in [3.63, 3.8) is 0 Å². The fourth-order valence-corrected chi connectivity index (χ4v) is 2.99. The summed E-state index contributed by atoms with van der Waals surface area (Å²) in [5.41, 5.74) is -0.596. The molecule has 0 amide bonds. The second-order valence-corrected chi connectivity index (χ2v) is 6.43. The van der Waals surface area contributed by atoms with Crippen LogP contribution in [-0.4, -0.2) is 28.8 Å². The maximum Gasteiger partial charge on any atom is 0.326 e. The van der Waals surface area contributed by atoms with Crippen molar-refractivity contribution >= 4 is 5.97 Å². The highest BCUT2D eigenvalue weighted by Crippen LogP contribution is 2.39. The Morgan fingerprint density at radius 1 is 1.38 bits per heavy atom. The third-order valence-corrected chi connectivity index (χ3v) is 4.70. The Hall–Kier alpha value is -1.43. The first-order valence-electron chi connectivity index (χ1n) is 7.79. The van der Waals surface area contributed by atoms with Crippen LogP contribution in [0.15, 0.2) is 4.52 Å². The number of hydrogen-bond donors (Lipinski definition) is 1. The predicted octanol–water partition coefficient (Wildman–Crippen LogP) is 2.16. The molecule has 0 atom stereocenters. The summed E-state index contributed by atoms with van der Waals surface area (Å²) in [6.07, 6.45) is 5.93. The van der Waals surface area contributed by atoms with E-state index in [1.807, 2.05) is 0 Å². The maximum absolute atomic E-state index is 12.2. The Morgan fingerprint density at radius 2 is 2.10 bits per heavy atom. The van der Waals surface area contributed by atoms with Gasteiger partial charge in [0.25, 0.3) is 0 Å². The van der Waals surface area contributed by atoms with E-state index < -0.39 is 5.54 Å². The topological polar surface area (TPSA) is 77.2 Å². The molecule has 2 aliphatic rings. The summed E-state index contributed by atoms with van der Waals surface area (Å²) in [5.74, 6) is 2.29. The monoisotopic (exact) mass is 293 g/mol. The van der Waals surface area contributed by atoms with E-state index >= 15 is 0 Å². The SMILES string of the molecule is COC(=O)C1(NCc2noc(C3CC3)n2)CCC(C)CC1. The molecule has 0 saturated heterocycles. The molecule has 0 bridgehead atoms. The first kappa shape index (κ1) is 14.5. The number of nitrogens with one attached hydrogen (secondary N) is 1. The number of carbonyl (C=O) groups excluding carboxylic acids is 1. The molecule has 0 radical (unpaired) electrons. The standard InChI is InChI=1S/C15H23N3O3/c1-10-5-7-15(8-6-10,14(19)20-2)16-9-12-17-13(21-18-12)11-3-4-11/h10-11,16H,3-9H2,1-2H3. The Kier molecular flexibility index (Phi) is 3.97. The van der Waals surface area contributed by atoms with Crippen molar-refractivity contribution < 1.29 is 14.1 Å². The molecule has 3 rings (SSSR count). The van der Waals surface area contributed by atoms with Gasteiger partial charge < -0.3 is 9.26 Å². The lowest BCUT2D eigenvalue weighted by Crippen LogP contribution is -2.54. The summed E-state index contributed by atoms with van der Waals surface area (Å²) in [7, 11) is 1.45. The molecular formula is C15H23N3O3. The largest absolute Gasteiger partial charge is 0.468 e. The number of hydrogen-bond acceptors (Lipinski definition) is 6. The normalized spacial score (nSPS) is 29.3. The molecule has 6 heteroatoms. The molecule has 0 aliphatic heterocycles. The highest BCUT2D eigenvalue weighted by Gasteiger charge is 2.42. The minimum atomic E-state index is -0.596. The summed E-state index contributed by atoms with van der Waals surface area (Å²) in [6, 6.07) is 0. The summed E-state index contributed by atoms with van der Waals surface area (Å²) in [5, 5.41) is 7.33. The van der Waals surface area contributed by atoms with Gasteiger partial charge in [0.2, 0.25) is 5.89 Å². The highest BCUT2D eigenvalue weighted by molar-refractivity contribution is 5.80. The Labute approximate surface area is 124 Å². The van der Waals surface area contributed by atoms with Crippen molar-refractivity contribution in [1.82, 2.24) is 15.5 Å². The van der Waals surface area contributed by atoms with E-state index in [2.05, 4.69) is 22.4 Å². The van der Waals surface area contributed by atoms with E-state index in [1.54, 1.807) is 0 Å². The molecule has 2 aliphatic carbocycles. The second-order valence-electron chi connectivity index (χ2n) is 6.43. The van der Waals surface area contributed by atoms with Crippen molar-refractivity contribution in [3.05, 3.63) is 11.7 Å². The molecule has 1 aromatic heterocycles. The van der Waals surface area contributed by atoms with Gasteiger partial charge in [-0.05, 0) is 44.4 Å². The number of esters is 1. The molecule has 6 nitrogen and oxygen atoms in total. The lowest BCUT2D eigenvalue weighted by Gasteiger charge is -2.37. The molecule has 1 heterocycles. The Bertz CT molecular complexity index is 502. The van der Waals surface area contributed by atoms with Crippen LogP contribution in [0.4, 0.5) is 0 Å². The molecular weight excluding hydrogens is 270 g/mol. The Morgan fingerprint density at radius 3 is 2.71 bits per heavy atom. The molecule has 0 spiro atoms. The van der Waals surface area contributed by atoms with Gasteiger partial charge in [-0.1, -0.05) is 12.1 Å². The smallest absolute Gasteiger partial charge is 0.326 e. The molecule has 2 fully saturated rings. The van der Waals surface area contributed by atoms with Crippen molar-refractivity contribution in [2.75, 3.05) is 7.11 Å². The molecule has 116 valence electrons. The Balaban J connectivity index is 1.64. The number of nitrogens with zero attached hydrogens (tertiary/aromatic N) is 2. The molecule has 2 saturated carbocycles. The lowest BCUT2D eigenvalue weighted by atomic mass is 9.77. The van der Waals surface area contributed by atoms with E-state index in [9.17, 15) is 4.79 Å². The van der Waals surface area contributed by atoms with Gasteiger partial charge in [0, 0.05) is 5.92 Å². The van der Waals surface area contributed by atoms with Crippen LogP contribution in [0.1, 0.15) is 63.1 Å². The van der Waals surface area contributed by atoms with Crippen LogP contribution in [0.5, 0.6) is 0 Å². The predicted molar refractivity (Wildman–Crippen MR) is 75.5 cm³/mol.